The molecule has 2 aromatic rings. The SMILES string of the molecule is O=C(NC1CC(=O)c2cc3c(cc21)OCO3)c1ccc(F)cc1. The van der Waals surface area contributed by atoms with Crippen molar-refractivity contribution in [1.29, 1.82) is 0 Å². The highest BCUT2D eigenvalue weighted by Crippen LogP contribution is 2.41. The molecule has 0 spiro atoms. The van der Waals surface area contributed by atoms with E-state index < -0.39 is 11.9 Å². The van der Waals surface area contributed by atoms with Gasteiger partial charge < -0.3 is 14.8 Å². The molecule has 1 aliphatic heterocycles. The van der Waals surface area contributed by atoms with Crippen LogP contribution in [-0.2, 0) is 0 Å². The summed E-state index contributed by atoms with van der Waals surface area (Å²) in [7, 11) is 0. The summed E-state index contributed by atoms with van der Waals surface area (Å²) in [6.45, 7) is 0.124. The zero-order chi connectivity index (χ0) is 16.0. The minimum absolute atomic E-state index is 0.0530. The monoisotopic (exact) mass is 313 g/mol. The van der Waals surface area contributed by atoms with Crippen molar-refractivity contribution in [2.24, 2.45) is 0 Å². The number of hydrogen-bond acceptors (Lipinski definition) is 4. The van der Waals surface area contributed by atoms with Crippen LogP contribution >= 0.6 is 0 Å². The van der Waals surface area contributed by atoms with Crippen molar-refractivity contribution < 1.29 is 23.5 Å². The normalized spacial score (nSPS) is 18.0. The third-order valence-corrected chi connectivity index (χ3v) is 4.02. The molecule has 2 aliphatic rings. The molecule has 1 aliphatic carbocycles. The van der Waals surface area contributed by atoms with Crippen molar-refractivity contribution in [3.63, 3.8) is 0 Å². The van der Waals surface area contributed by atoms with Crippen molar-refractivity contribution in [3.05, 3.63) is 58.9 Å². The Labute approximate surface area is 131 Å². The molecule has 1 unspecified atom stereocenters. The quantitative estimate of drug-likeness (QED) is 0.925. The molecule has 0 saturated heterocycles. The molecule has 0 bridgehead atoms. The van der Waals surface area contributed by atoms with E-state index in [4.69, 9.17) is 9.47 Å². The topological polar surface area (TPSA) is 64.6 Å². The molecular weight excluding hydrogens is 301 g/mol. The Bertz CT molecular complexity index is 816. The van der Waals surface area contributed by atoms with Gasteiger partial charge in [-0.25, -0.2) is 4.39 Å². The molecule has 1 N–H and O–H groups in total. The third kappa shape index (κ3) is 2.32. The van der Waals surface area contributed by atoms with Crippen LogP contribution < -0.4 is 14.8 Å². The number of amides is 1. The number of nitrogens with one attached hydrogen (secondary N) is 1. The molecule has 5 nitrogen and oxygen atoms in total. The first-order valence-corrected chi connectivity index (χ1v) is 7.15. The number of ether oxygens (including phenoxy) is 2. The Morgan fingerprint density at radius 1 is 1.13 bits per heavy atom. The van der Waals surface area contributed by atoms with E-state index >= 15 is 0 Å². The minimum Gasteiger partial charge on any atom is -0.454 e. The first-order valence-electron chi connectivity index (χ1n) is 7.15. The second kappa shape index (κ2) is 5.08. The van der Waals surface area contributed by atoms with Crippen LogP contribution in [0.1, 0.15) is 38.7 Å². The summed E-state index contributed by atoms with van der Waals surface area (Å²) >= 11 is 0. The fourth-order valence-electron chi connectivity index (χ4n) is 2.86. The summed E-state index contributed by atoms with van der Waals surface area (Å²) in [5.74, 6) is 0.300. The van der Waals surface area contributed by atoms with Gasteiger partial charge in [-0.2, -0.15) is 0 Å². The van der Waals surface area contributed by atoms with Crippen LogP contribution in [0.25, 0.3) is 0 Å². The average Bonchev–Trinajstić information content (AvgIpc) is 3.11. The number of fused-ring (bicyclic) bond motifs is 2. The van der Waals surface area contributed by atoms with E-state index in [1.807, 2.05) is 0 Å². The van der Waals surface area contributed by atoms with Gasteiger partial charge in [-0.3, -0.25) is 9.59 Å². The van der Waals surface area contributed by atoms with Crippen LogP contribution in [0.3, 0.4) is 0 Å². The summed E-state index contributed by atoms with van der Waals surface area (Å²) < 4.78 is 23.5. The molecule has 0 saturated carbocycles. The average molecular weight is 313 g/mol. The number of carbonyl (C=O) groups is 2. The molecule has 0 radical (unpaired) electrons. The van der Waals surface area contributed by atoms with Crippen LogP contribution in [0.2, 0.25) is 0 Å². The molecule has 2 aromatic carbocycles. The highest BCUT2D eigenvalue weighted by atomic mass is 19.1. The number of benzene rings is 2. The lowest BCUT2D eigenvalue weighted by Gasteiger charge is -2.14. The Morgan fingerprint density at radius 3 is 2.57 bits per heavy atom. The van der Waals surface area contributed by atoms with E-state index in [0.29, 0.717) is 22.6 Å². The van der Waals surface area contributed by atoms with Gasteiger partial charge in [-0.05, 0) is 42.0 Å². The maximum Gasteiger partial charge on any atom is 0.251 e. The first kappa shape index (κ1) is 13.8. The summed E-state index contributed by atoms with van der Waals surface area (Å²) in [6, 6.07) is 8.22. The number of Topliss-reactive ketones (excluding diaryl/α,β-unsaturated/α-hetero) is 1. The van der Waals surface area contributed by atoms with Crippen LogP contribution in [0.4, 0.5) is 4.39 Å². The largest absolute Gasteiger partial charge is 0.454 e. The minimum atomic E-state index is -0.426. The third-order valence-electron chi connectivity index (χ3n) is 4.02. The van der Waals surface area contributed by atoms with E-state index in [9.17, 15) is 14.0 Å². The second-order valence-electron chi connectivity index (χ2n) is 5.45. The number of hydrogen-bond donors (Lipinski definition) is 1. The molecular formula is C17H12FNO4. The molecule has 0 fully saturated rings. The Balaban J connectivity index is 1.61. The van der Waals surface area contributed by atoms with Crippen molar-refractivity contribution in [2.75, 3.05) is 6.79 Å². The number of ketones is 1. The van der Waals surface area contributed by atoms with Crippen molar-refractivity contribution in [3.8, 4) is 11.5 Å². The molecule has 116 valence electrons. The fraction of sp³-hybridized carbons (Fsp3) is 0.176. The van der Waals surface area contributed by atoms with Crippen molar-refractivity contribution >= 4 is 11.7 Å². The van der Waals surface area contributed by atoms with Gasteiger partial charge in [0.2, 0.25) is 6.79 Å². The van der Waals surface area contributed by atoms with E-state index in [1.54, 1.807) is 12.1 Å². The van der Waals surface area contributed by atoms with Gasteiger partial charge in [-0.1, -0.05) is 0 Å². The Kier molecular flexibility index (Phi) is 3.04. The summed E-state index contributed by atoms with van der Waals surface area (Å²) in [4.78, 5) is 24.4. The lowest BCUT2D eigenvalue weighted by molar-refractivity contribution is 0.0925. The molecule has 1 amide bonds. The van der Waals surface area contributed by atoms with Crippen molar-refractivity contribution in [2.45, 2.75) is 12.5 Å². The summed E-state index contributed by atoms with van der Waals surface area (Å²) in [5, 5.41) is 2.81. The molecule has 4 rings (SSSR count). The van der Waals surface area contributed by atoms with E-state index in [-0.39, 0.29) is 24.9 Å². The standard InChI is InChI=1S/C17H12FNO4/c18-10-3-1-9(2-4-10)17(21)19-13-7-14(20)12-6-16-15(5-11(12)13)22-8-23-16/h1-6,13H,7-8H2,(H,19,21). The van der Waals surface area contributed by atoms with Gasteiger partial charge in [0.15, 0.2) is 17.3 Å². The second-order valence-corrected chi connectivity index (χ2v) is 5.45. The van der Waals surface area contributed by atoms with E-state index in [0.717, 1.165) is 5.56 Å². The molecule has 1 heterocycles. The van der Waals surface area contributed by atoms with Gasteiger partial charge in [0.1, 0.15) is 5.82 Å². The zero-order valence-corrected chi connectivity index (χ0v) is 12.0. The maximum absolute atomic E-state index is 12.9. The molecule has 0 aromatic heterocycles. The molecule has 1 atom stereocenters. The zero-order valence-electron chi connectivity index (χ0n) is 12.0. The molecule has 23 heavy (non-hydrogen) atoms. The predicted octanol–water partition coefficient (Wildman–Crippen LogP) is 2.61. The summed E-state index contributed by atoms with van der Waals surface area (Å²) in [6.07, 6.45) is 0.186. The Morgan fingerprint density at radius 2 is 1.83 bits per heavy atom. The highest BCUT2D eigenvalue weighted by Gasteiger charge is 2.33. The fourth-order valence-corrected chi connectivity index (χ4v) is 2.86. The van der Waals surface area contributed by atoms with Crippen LogP contribution in [0.15, 0.2) is 36.4 Å². The highest BCUT2D eigenvalue weighted by molar-refractivity contribution is 6.03. The maximum atomic E-state index is 12.9. The van der Waals surface area contributed by atoms with Gasteiger partial charge in [0.05, 0.1) is 6.04 Å². The van der Waals surface area contributed by atoms with Crippen LogP contribution in [-0.4, -0.2) is 18.5 Å². The predicted molar refractivity (Wildman–Crippen MR) is 78.1 cm³/mol. The van der Waals surface area contributed by atoms with Crippen molar-refractivity contribution in [1.82, 2.24) is 5.32 Å². The smallest absolute Gasteiger partial charge is 0.251 e. The Hall–Kier alpha value is -2.89. The van der Waals surface area contributed by atoms with Gasteiger partial charge >= 0.3 is 0 Å². The van der Waals surface area contributed by atoms with Gasteiger partial charge in [0.25, 0.3) is 5.91 Å². The summed E-state index contributed by atoms with van der Waals surface area (Å²) in [5.41, 5.74) is 1.60. The lowest BCUT2D eigenvalue weighted by atomic mass is 10.1. The number of carbonyl (C=O) groups excluding carboxylic acids is 2. The number of halogens is 1. The lowest BCUT2D eigenvalue weighted by Crippen LogP contribution is -2.27. The van der Waals surface area contributed by atoms with Crippen LogP contribution in [0, 0.1) is 5.82 Å². The van der Waals surface area contributed by atoms with Crippen LogP contribution in [0.5, 0.6) is 11.5 Å². The van der Waals surface area contributed by atoms with E-state index in [2.05, 4.69) is 5.32 Å². The first-order chi connectivity index (χ1) is 11.1. The number of rotatable bonds is 2. The van der Waals surface area contributed by atoms with Gasteiger partial charge in [0, 0.05) is 17.5 Å². The van der Waals surface area contributed by atoms with E-state index in [1.165, 1.54) is 24.3 Å². The van der Waals surface area contributed by atoms with Gasteiger partial charge in [-0.15, -0.1) is 0 Å². The molecule has 6 heteroatoms.